The number of carbonyl (C=O) groups is 1. The first-order valence-electron chi connectivity index (χ1n) is 12.6. The van der Waals surface area contributed by atoms with Gasteiger partial charge >= 0.3 is 0 Å². The van der Waals surface area contributed by atoms with Gasteiger partial charge in [0.05, 0.1) is 0 Å². The van der Waals surface area contributed by atoms with Crippen LogP contribution in [0.1, 0.15) is 48.3 Å². The first-order chi connectivity index (χ1) is 17.3. The van der Waals surface area contributed by atoms with Gasteiger partial charge in [-0.05, 0) is 76.3 Å². The molecule has 0 aromatic heterocycles. The quantitative estimate of drug-likeness (QED) is 0.368. The van der Waals surface area contributed by atoms with Gasteiger partial charge in [0, 0.05) is 11.5 Å². The number of hydrogen-bond acceptors (Lipinski definition) is 1. The highest BCUT2D eigenvalue weighted by molar-refractivity contribution is 6.14. The Morgan fingerprint density at radius 2 is 1.34 bits per heavy atom. The first-order valence-corrected chi connectivity index (χ1v) is 12.6. The van der Waals surface area contributed by atoms with E-state index in [1.165, 1.54) is 33.4 Å². The molecule has 0 radical (unpaired) electrons. The molecule has 0 aliphatic heterocycles. The van der Waals surface area contributed by atoms with Crippen LogP contribution in [-0.2, 0) is 4.79 Å². The fraction of sp³-hybridized carbons (Fsp3) is 0.147. The summed E-state index contributed by atoms with van der Waals surface area (Å²) in [5.74, 6) is 0.400. The summed E-state index contributed by atoms with van der Waals surface area (Å²) in [5, 5.41) is 0. The van der Waals surface area contributed by atoms with Crippen LogP contribution in [0.25, 0.3) is 11.1 Å². The lowest BCUT2D eigenvalue weighted by Gasteiger charge is -2.14. The number of carbonyl (C=O) groups excluding carboxylic acids is 1. The molecular weight excluding hydrogens is 424 g/mol. The Labute approximate surface area is 207 Å². The zero-order valence-corrected chi connectivity index (χ0v) is 19.8. The van der Waals surface area contributed by atoms with Crippen LogP contribution in [0.3, 0.4) is 0 Å². The lowest BCUT2D eigenvalue weighted by atomic mass is 9.89. The molecule has 35 heavy (non-hydrogen) atoms. The molecule has 170 valence electrons. The van der Waals surface area contributed by atoms with Crippen molar-refractivity contribution in [1.82, 2.24) is 0 Å². The predicted molar refractivity (Wildman–Crippen MR) is 145 cm³/mol. The molecule has 3 aliphatic carbocycles. The number of allylic oxidation sites excluding steroid dienone is 10. The van der Waals surface area contributed by atoms with E-state index < -0.39 is 0 Å². The highest BCUT2D eigenvalue weighted by Gasteiger charge is 2.31. The van der Waals surface area contributed by atoms with Crippen molar-refractivity contribution in [1.29, 1.82) is 0 Å². The van der Waals surface area contributed by atoms with Gasteiger partial charge in [-0.3, -0.25) is 4.79 Å². The molecule has 1 nitrogen and oxygen atoms in total. The molecule has 0 saturated heterocycles. The van der Waals surface area contributed by atoms with E-state index in [0.29, 0.717) is 0 Å². The van der Waals surface area contributed by atoms with Crippen molar-refractivity contribution in [3.8, 4) is 0 Å². The third-order valence-corrected chi connectivity index (χ3v) is 7.31. The average molecular weight is 453 g/mol. The minimum atomic E-state index is 0.191. The molecule has 0 amide bonds. The van der Waals surface area contributed by atoms with Crippen LogP contribution in [0.2, 0.25) is 0 Å². The van der Waals surface area contributed by atoms with E-state index in [9.17, 15) is 4.79 Å². The third-order valence-electron chi connectivity index (χ3n) is 7.31. The average Bonchev–Trinajstić information content (AvgIpc) is 3.70. The molecule has 3 aromatic rings. The number of ketones is 1. The second-order valence-corrected chi connectivity index (χ2v) is 9.52. The number of hydrogen-bond donors (Lipinski definition) is 0. The Balaban J connectivity index is 1.48. The second-order valence-electron chi connectivity index (χ2n) is 9.52. The van der Waals surface area contributed by atoms with Gasteiger partial charge < -0.3 is 0 Å². The van der Waals surface area contributed by atoms with E-state index in [2.05, 4.69) is 109 Å². The largest absolute Gasteiger partial charge is 0.289 e. The minimum Gasteiger partial charge on any atom is -0.289 e. The maximum absolute atomic E-state index is 13.8. The Morgan fingerprint density at radius 1 is 0.714 bits per heavy atom. The number of rotatable bonds is 6. The summed E-state index contributed by atoms with van der Waals surface area (Å²) in [6.45, 7) is 0. The summed E-state index contributed by atoms with van der Waals surface area (Å²) in [5.41, 5.74) is 10.3. The Bertz CT molecular complexity index is 1410. The van der Waals surface area contributed by atoms with E-state index >= 15 is 0 Å². The van der Waals surface area contributed by atoms with Crippen molar-refractivity contribution in [2.75, 3.05) is 0 Å². The van der Waals surface area contributed by atoms with Crippen molar-refractivity contribution in [3.63, 3.8) is 0 Å². The molecule has 0 heterocycles. The zero-order chi connectivity index (χ0) is 23.6. The molecule has 1 heteroatoms. The topological polar surface area (TPSA) is 17.1 Å². The van der Waals surface area contributed by atoms with Crippen molar-refractivity contribution in [2.24, 2.45) is 0 Å². The Morgan fingerprint density at radius 3 is 2.00 bits per heavy atom. The van der Waals surface area contributed by atoms with Crippen LogP contribution in [0, 0.1) is 0 Å². The SMILES string of the molecule is O=C(C1=CCCC1)C1=C(C2=CC(c3ccccc3)C=C2c2ccccc2)CC(c2ccccc2)=C1. The van der Waals surface area contributed by atoms with Gasteiger partial charge in [-0.25, -0.2) is 0 Å². The molecule has 0 spiro atoms. The molecule has 3 aliphatic rings. The predicted octanol–water partition coefficient (Wildman–Crippen LogP) is 8.26. The number of benzene rings is 3. The summed E-state index contributed by atoms with van der Waals surface area (Å²) in [4.78, 5) is 13.8. The van der Waals surface area contributed by atoms with Crippen LogP contribution >= 0.6 is 0 Å². The Kier molecular flexibility index (Phi) is 5.76. The van der Waals surface area contributed by atoms with E-state index in [1.807, 2.05) is 6.07 Å². The fourth-order valence-corrected chi connectivity index (χ4v) is 5.52. The summed E-state index contributed by atoms with van der Waals surface area (Å²) < 4.78 is 0. The molecule has 3 aromatic carbocycles. The highest BCUT2D eigenvalue weighted by atomic mass is 16.1. The van der Waals surface area contributed by atoms with Gasteiger partial charge in [-0.2, -0.15) is 0 Å². The fourth-order valence-electron chi connectivity index (χ4n) is 5.52. The normalized spacial score (nSPS) is 19.4. The molecule has 0 saturated carbocycles. The van der Waals surface area contributed by atoms with Crippen LogP contribution < -0.4 is 0 Å². The first kappa shape index (κ1) is 21.6. The molecule has 1 unspecified atom stereocenters. The molecule has 0 fully saturated rings. The zero-order valence-electron chi connectivity index (χ0n) is 19.8. The smallest absolute Gasteiger partial charge is 0.189 e. The van der Waals surface area contributed by atoms with E-state index in [4.69, 9.17) is 0 Å². The van der Waals surface area contributed by atoms with Crippen LogP contribution in [0.15, 0.2) is 138 Å². The third kappa shape index (κ3) is 4.19. The maximum atomic E-state index is 13.8. The van der Waals surface area contributed by atoms with Crippen molar-refractivity contribution in [2.45, 2.75) is 31.6 Å². The Hall–Kier alpha value is -3.97. The molecule has 0 bridgehead atoms. The highest BCUT2D eigenvalue weighted by Crippen LogP contribution is 2.47. The van der Waals surface area contributed by atoms with Gasteiger partial charge in [0.1, 0.15) is 0 Å². The van der Waals surface area contributed by atoms with Gasteiger partial charge in [-0.1, -0.05) is 109 Å². The lowest BCUT2D eigenvalue weighted by molar-refractivity contribution is -0.112. The van der Waals surface area contributed by atoms with Gasteiger partial charge in [0.15, 0.2) is 5.78 Å². The number of Topliss-reactive ketones (excluding diaryl/α,β-unsaturated/α-hetero) is 1. The van der Waals surface area contributed by atoms with Crippen LogP contribution in [-0.4, -0.2) is 5.78 Å². The summed E-state index contributed by atoms with van der Waals surface area (Å²) >= 11 is 0. The van der Waals surface area contributed by atoms with E-state index in [-0.39, 0.29) is 11.7 Å². The molecule has 0 N–H and O–H groups in total. The van der Waals surface area contributed by atoms with Crippen LogP contribution in [0.4, 0.5) is 0 Å². The minimum absolute atomic E-state index is 0.191. The summed E-state index contributed by atoms with van der Waals surface area (Å²) in [6, 6.07) is 31.7. The molecule has 6 rings (SSSR count). The van der Waals surface area contributed by atoms with Crippen LogP contribution in [0.5, 0.6) is 0 Å². The summed E-state index contributed by atoms with van der Waals surface area (Å²) in [7, 11) is 0. The molecule has 1 atom stereocenters. The van der Waals surface area contributed by atoms with Gasteiger partial charge in [0.25, 0.3) is 0 Å². The van der Waals surface area contributed by atoms with Crippen molar-refractivity contribution < 1.29 is 4.79 Å². The van der Waals surface area contributed by atoms with Crippen molar-refractivity contribution in [3.05, 3.63) is 154 Å². The van der Waals surface area contributed by atoms with Gasteiger partial charge in [-0.15, -0.1) is 0 Å². The van der Waals surface area contributed by atoms with E-state index in [0.717, 1.165) is 42.4 Å². The van der Waals surface area contributed by atoms with E-state index in [1.54, 1.807) is 0 Å². The van der Waals surface area contributed by atoms with Gasteiger partial charge in [0.2, 0.25) is 0 Å². The standard InChI is InChI=1S/C34H28O/c35-34(27-18-10-11-19-27)33-23-29(25-14-6-2-7-15-25)22-32(33)31-21-28(24-12-4-1-5-13-24)20-30(31)26-16-8-3-9-17-26/h1-9,12-18,20-21,23,28H,10-11,19,22H2. The van der Waals surface area contributed by atoms with Crippen molar-refractivity contribution >= 4 is 16.9 Å². The lowest BCUT2D eigenvalue weighted by Crippen LogP contribution is -2.06. The molecular formula is C34H28O. The monoisotopic (exact) mass is 452 g/mol. The summed E-state index contributed by atoms with van der Waals surface area (Å²) in [6.07, 6.45) is 12.8. The maximum Gasteiger partial charge on any atom is 0.189 e. The second kappa shape index (κ2) is 9.35.